The quantitative estimate of drug-likeness (QED) is 0.380. The molecule has 1 aliphatic carbocycles. The Kier molecular flexibility index (Phi) is 5.61. The van der Waals surface area contributed by atoms with Crippen LogP contribution < -0.4 is 10.5 Å². The van der Waals surface area contributed by atoms with Gasteiger partial charge >= 0.3 is 10.3 Å². The number of hydrogen-bond donors (Lipinski definition) is 4. The fraction of sp³-hybridized carbons (Fsp3) is 0.353. The van der Waals surface area contributed by atoms with Gasteiger partial charge < -0.3 is 15.5 Å². The molecule has 0 aliphatic heterocycles. The molecule has 4 atom stereocenters. The van der Waals surface area contributed by atoms with Gasteiger partial charge in [0.2, 0.25) is 0 Å². The molecule has 0 spiro atoms. The molecule has 1 saturated carbocycles. The minimum atomic E-state index is -4.15. The lowest BCUT2D eigenvalue weighted by Gasteiger charge is -2.19. The zero-order valence-electron chi connectivity index (χ0n) is 15.5. The van der Waals surface area contributed by atoms with E-state index in [0.29, 0.717) is 22.9 Å². The van der Waals surface area contributed by atoms with Crippen LogP contribution in [0.5, 0.6) is 0 Å². The van der Waals surface area contributed by atoms with Gasteiger partial charge in [-0.3, -0.25) is 9.17 Å². The number of fused-ring (bicyclic) bond motifs is 1. The Bertz CT molecular complexity index is 1160. The van der Waals surface area contributed by atoms with Crippen LogP contribution in [-0.4, -0.2) is 63.1 Å². The largest absolute Gasteiger partial charge is 0.390 e. The van der Waals surface area contributed by atoms with Gasteiger partial charge in [0.15, 0.2) is 5.65 Å². The van der Waals surface area contributed by atoms with Gasteiger partial charge in [0.1, 0.15) is 22.8 Å². The molecule has 0 bridgehead atoms. The minimum absolute atomic E-state index is 0.208. The Morgan fingerprint density at radius 1 is 1.27 bits per heavy atom. The summed E-state index contributed by atoms with van der Waals surface area (Å²) in [7, 11) is -4.15. The molecule has 0 radical (unpaired) electrons. The third kappa shape index (κ3) is 4.38. The summed E-state index contributed by atoms with van der Waals surface area (Å²) >= 11 is 6.14. The van der Waals surface area contributed by atoms with Gasteiger partial charge in [-0.2, -0.15) is 18.0 Å². The summed E-state index contributed by atoms with van der Waals surface area (Å²) in [6, 6.07) is 8.09. The summed E-state index contributed by atoms with van der Waals surface area (Å²) in [4.78, 5) is 8.52. The van der Waals surface area contributed by atoms with Crippen molar-refractivity contribution in [2.45, 2.75) is 24.7 Å². The molecule has 4 rings (SSSR count). The molecule has 160 valence electrons. The SMILES string of the molecule is NS(=O)(=O)OC[C@H]1C[C@@H](Nc2cc(Cl)nc3cc(-c4ccccn4)nn23)[C@H](O)[C@@H]1O. The van der Waals surface area contributed by atoms with Gasteiger partial charge in [0, 0.05) is 24.2 Å². The predicted octanol–water partition coefficient (Wildman–Crippen LogP) is 0.187. The number of aliphatic hydroxyl groups excluding tert-OH is 2. The Morgan fingerprint density at radius 2 is 2.07 bits per heavy atom. The second-order valence-corrected chi connectivity index (χ2v) is 8.59. The van der Waals surface area contributed by atoms with Crippen molar-refractivity contribution >= 4 is 33.4 Å². The Hall–Kier alpha value is -2.35. The standard InChI is InChI=1S/C17H19ClN6O5S/c18-13-7-15(21-12-5-9(16(25)17(12)26)8-29-30(19,27)28)24-14(22-13)6-11(23-24)10-3-1-2-4-20-10/h1-4,6-7,9,12,16-17,21,25-26H,5,8H2,(H2,19,27,28)/t9-,12-,16-,17+/m1/s1. The fourth-order valence-corrected chi connectivity index (χ4v) is 4.05. The van der Waals surface area contributed by atoms with E-state index in [1.54, 1.807) is 18.3 Å². The maximum Gasteiger partial charge on any atom is 0.333 e. The lowest BCUT2D eigenvalue weighted by molar-refractivity contribution is 0.00777. The van der Waals surface area contributed by atoms with Crippen LogP contribution in [0.1, 0.15) is 6.42 Å². The molecule has 11 nitrogen and oxygen atoms in total. The number of rotatable bonds is 6. The van der Waals surface area contributed by atoms with E-state index in [4.69, 9.17) is 16.7 Å². The summed E-state index contributed by atoms with van der Waals surface area (Å²) in [6.45, 7) is -0.340. The van der Waals surface area contributed by atoms with Crippen molar-refractivity contribution in [1.82, 2.24) is 19.6 Å². The van der Waals surface area contributed by atoms with Gasteiger partial charge in [-0.1, -0.05) is 17.7 Å². The van der Waals surface area contributed by atoms with Crippen LogP contribution in [0, 0.1) is 5.92 Å². The van der Waals surface area contributed by atoms with Crippen molar-refractivity contribution in [3.8, 4) is 11.4 Å². The van der Waals surface area contributed by atoms with E-state index in [9.17, 15) is 18.6 Å². The smallest absolute Gasteiger partial charge is 0.333 e. The van der Waals surface area contributed by atoms with Crippen LogP contribution in [0.25, 0.3) is 17.0 Å². The maximum atomic E-state index is 11.0. The third-order valence-electron chi connectivity index (χ3n) is 4.90. The number of pyridine rings is 1. The number of hydrogen-bond acceptors (Lipinski definition) is 9. The van der Waals surface area contributed by atoms with Crippen LogP contribution in [-0.2, 0) is 14.5 Å². The second kappa shape index (κ2) is 8.06. The molecule has 1 fully saturated rings. The number of aliphatic hydroxyl groups is 2. The second-order valence-electron chi connectivity index (χ2n) is 6.98. The first-order valence-electron chi connectivity index (χ1n) is 8.99. The zero-order valence-corrected chi connectivity index (χ0v) is 17.0. The van der Waals surface area contributed by atoms with Gasteiger partial charge in [-0.15, -0.1) is 0 Å². The molecular formula is C17H19ClN6O5S. The number of nitrogens with two attached hydrogens (primary N) is 1. The molecule has 3 aromatic rings. The van der Waals surface area contributed by atoms with E-state index in [0.717, 1.165) is 0 Å². The van der Waals surface area contributed by atoms with Crippen LogP contribution in [0.3, 0.4) is 0 Å². The Balaban J connectivity index is 1.59. The Morgan fingerprint density at radius 3 is 2.77 bits per heavy atom. The van der Waals surface area contributed by atoms with Crippen molar-refractivity contribution in [2.24, 2.45) is 11.1 Å². The molecule has 5 N–H and O–H groups in total. The van der Waals surface area contributed by atoms with E-state index in [2.05, 4.69) is 24.6 Å². The highest BCUT2D eigenvalue weighted by molar-refractivity contribution is 7.84. The molecule has 13 heteroatoms. The molecule has 1 aliphatic rings. The van der Waals surface area contributed by atoms with Crippen LogP contribution in [0.2, 0.25) is 5.15 Å². The van der Waals surface area contributed by atoms with Crippen molar-refractivity contribution in [1.29, 1.82) is 0 Å². The summed E-state index contributed by atoms with van der Waals surface area (Å²) in [5.41, 5.74) is 1.70. The molecule has 30 heavy (non-hydrogen) atoms. The normalized spacial score (nSPS) is 24.4. The van der Waals surface area contributed by atoms with Crippen LogP contribution >= 0.6 is 11.6 Å². The molecule has 0 aromatic carbocycles. The van der Waals surface area contributed by atoms with E-state index in [-0.39, 0.29) is 18.2 Å². The van der Waals surface area contributed by atoms with E-state index >= 15 is 0 Å². The Labute approximate surface area is 176 Å². The van der Waals surface area contributed by atoms with Gasteiger partial charge in [-0.25, -0.2) is 10.1 Å². The topological polar surface area (TPSA) is 165 Å². The molecule has 3 heterocycles. The summed E-state index contributed by atoms with van der Waals surface area (Å²) in [5, 5.41) is 33.3. The predicted molar refractivity (Wildman–Crippen MR) is 108 cm³/mol. The third-order valence-corrected chi connectivity index (χ3v) is 5.56. The highest BCUT2D eigenvalue weighted by Crippen LogP contribution is 2.31. The molecular weight excluding hydrogens is 436 g/mol. The van der Waals surface area contributed by atoms with Crippen molar-refractivity contribution < 1.29 is 22.8 Å². The number of nitrogens with zero attached hydrogens (tertiary/aromatic N) is 4. The highest BCUT2D eigenvalue weighted by atomic mass is 35.5. The number of halogens is 1. The molecule has 0 saturated heterocycles. The van der Waals surface area contributed by atoms with E-state index < -0.39 is 34.5 Å². The van der Waals surface area contributed by atoms with Crippen molar-refractivity contribution in [3.05, 3.63) is 41.7 Å². The van der Waals surface area contributed by atoms with Gasteiger partial charge in [-0.05, 0) is 18.6 Å². The monoisotopic (exact) mass is 454 g/mol. The van der Waals surface area contributed by atoms with Gasteiger partial charge in [0.25, 0.3) is 0 Å². The molecule has 3 aromatic heterocycles. The van der Waals surface area contributed by atoms with Gasteiger partial charge in [0.05, 0.1) is 24.4 Å². The zero-order chi connectivity index (χ0) is 21.5. The first kappa shape index (κ1) is 20.9. The van der Waals surface area contributed by atoms with E-state index in [1.165, 1.54) is 10.6 Å². The van der Waals surface area contributed by atoms with Crippen LogP contribution in [0.4, 0.5) is 5.82 Å². The first-order chi connectivity index (χ1) is 14.2. The highest BCUT2D eigenvalue weighted by Gasteiger charge is 2.42. The lowest BCUT2D eigenvalue weighted by atomic mass is 10.1. The minimum Gasteiger partial charge on any atom is -0.390 e. The number of aromatic nitrogens is 4. The average Bonchev–Trinajstić information content (AvgIpc) is 3.23. The lowest BCUT2D eigenvalue weighted by Crippen LogP contribution is -2.36. The average molecular weight is 455 g/mol. The maximum absolute atomic E-state index is 11.0. The first-order valence-corrected chi connectivity index (χ1v) is 10.8. The molecule has 0 unspecified atom stereocenters. The molecule has 0 amide bonds. The summed E-state index contributed by atoms with van der Waals surface area (Å²) in [5.74, 6) is -0.193. The number of anilines is 1. The summed E-state index contributed by atoms with van der Waals surface area (Å²) in [6.07, 6.45) is -0.488. The van der Waals surface area contributed by atoms with E-state index in [1.807, 2.05) is 12.1 Å². The van der Waals surface area contributed by atoms with Crippen molar-refractivity contribution in [2.75, 3.05) is 11.9 Å². The van der Waals surface area contributed by atoms with Crippen LogP contribution in [0.15, 0.2) is 36.5 Å². The number of nitrogens with one attached hydrogen (secondary N) is 1. The fourth-order valence-electron chi connectivity index (χ4n) is 3.49. The van der Waals surface area contributed by atoms with Crippen molar-refractivity contribution in [3.63, 3.8) is 0 Å². The summed E-state index contributed by atoms with van der Waals surface area (Å²) < 4.78 is 28.1.